The lowest BCUT2D eigenvalue weighted by molar-refractivity contribution is -0.136. The van der Waals surface area contributed by atoms with Gasteiger partial charge in [0, 0.05) is 37.2 Å². The monoisotopic (exact) mass is 706 g/mol. The lowest BCUT2D eigenvalue weighted by Gasteiger charge is -2.29. The third-order valence-corrected chi connectivity index (χ3v) is 9.68. The molecule has 3 aliphatic rings. The predicted octanol–water partition coefficient (Wildman–Crippen LogP) is 4.10. The van der Waals surface area contributed by atoms with E-state index in [0.717, 1.165) is 28.2 Å². The molecule has 0 aliphatic carbocycles. The number of piperidine rings is 1. The van der Waals surface area contributed by atoms with Crippen LogP contribution in [-0.2, 0) is 21.6 Å². The van der Waals surface area contributed by atoms with Gasteiger partial charge in [-0.2, -0.15) is 4.98 Å². The van der Waals surface area contributed by atoms with Gasteiger partial charge in [0.15, 0.2) is 6.61 Å². The van der Waals surface area contributed by atoms with Gasteiger partial charge in [0.25, 0.3) is 29.4 Å². The summed E-state index contributed by atoms with van der Waals surface area (Å²) in [6.45, 7) is 6.81. The highest BCUT2D eigenvalue weighted by Crippen LogP contribution is 2.34. The fourth-order valence-corrected chi connectivity index (χ4v) is 6.38. The molecule has 14 heteroatoms. The van der Waals surface area contributed by atoms with E-state index in [2.05, 4.69) is 34.6 Å². The molecule has 7 rings (SSSR count). The number of hydrogen-bond donors (Lipinski definition) is 2. The van der Waals surface area contributed by atoms with Gasteiger partial charge < -0.3 is 24.2 Å². The molecular formula is C38H38N6O8. The minimum atomic E-state index is -0.995. The summed E-state index contributed by atoms with van der Waals surface area (Å²) in [6.07, 6.45) is 1.85. The van der Waals surface area contributed by atoms with Crippen LogP contribution in [-0.4, -0.2) is 81.8 Å². The van der Waals surface area contributed by atoms with E-state index in [1.54, 1.807) is 23.1 Å². The maximum absolute atomic E-state index is 13.1. The van der Waals surface area contributed by atoms with Crippen LogP contribution >= 0.6 is 0 Å². The lowest BCUT2D eigenvalue weighted by Crippen LogP contribution is -2.54. The Morgan fingerprint density at radius 1 is 0.923 bits per heavy atom. The number of rotatable bonds is 13. The summed E-state index contributed by atoms with van der Waals surface area (Å²) in [5.74, 6) is -0.658. The van der Waals surface area contributed by atoms with E-state index in [1.165, 1.54) is 0 Å². The average molecular weight is 707 g/mol. The molecule has 3 aromatic carbocycles. The number of imide groups is 2. The summed E-state index contributed by atoms with van der Waals surface area (Å²) >= 11 is 0. The van der Waals surface area contributed by atoms with E-state index < -0.39 is 29.7 Å². The molecule has 1 atom stereocenters. The van der Waals surface area contributed by atoms with Crippen molar-refractivity contribution in [1.82, 2.24) is 25.3 Å². The van der Waals surface area contributed by atoms with Crippen LogP contribution in [0.2, 0.25) is 0 Å². The summed E-state index contributed by atoms with van der Waals surface area (Å²) in [6, 6.07) is 19.7. The molecule has 1 aromatic heterocycles. The molecule has 1 unspecified atom stereocenters. The Hall–Kier alpha value is -6.05. The van der Waals surface area contributed by atoms with Gasteiger partial charge in [-0.3, -0.25) is 34.2 Å². The minimum Gasteiger partial charge on any atom is -0.494 e. The number of ether oxygens (including phenoxy) is 2. The zero-order valence-corrected chi connectivity index (χ0v) is 28.8. The van der Waals surface area contributed by atoms with Crippen LogP contribution in [0.1, 0.15) is 87.9 Å². The predicted molar refractivity (Wildman–Crippen MR) is 186 cm³/mol. The summed E-state index contributed by atoms with van der Waals surface area (Å²) in [5, 5.41) is 9.25. The van der Waals surface area contributed by atoms with E-state index >= 15 is 0 Å². The molecular weight excluding hydrogens is 668 g/mol. The normalized spacial score (nSPS) is 17.1. The lowest BCUT2D eigenvalue weighted by atomic mass is 9.78. The minimum absolute atomic E-state index is 0.0542. The van der Waals surface area contributed by atoms with Crippen molar-refractivity contribution >= 4 is 35.2 Å². The highest BCUT2D eigenvalue weighted by molar-refractivity contribution is 6.23. The maximum Gasteiger partial charge on any atom is 0.295 e. The number of amides is 5. The molecule has 0 radical (unpaired) electrons. The van der Waals surface area contributed by atoms with Crippen molar-refractivity contribution in [2.75, 3.05) is 31.6 Å². The van der Waals surface area contributed by atoms with Crippen molar-refractivity contribution in [1.29, 1.82) is 0 Å². The Bertz CT molecular complexity index is 2020. The first-order valence-electron chi connectivity index (χ1n) is 17.3. The fraction of sp³-hybridized carbons (Fsp3) is 0.342. The number of nitrogens with one attached hydrogen (secondary N) is 2. The Morgan fingerprint density at radius 3 is 2.25 bits per heavy atom. The first-order chi connectivity index (χ1) is 25.1. The highest BCUT2D eigenvalue weighted by atomic mass is 16.5. The van der Waals surface area contributed by atoms with Crippen LogP contribution < -0.4 is 20.1 Å². The van der Waals surface area contributed by atoms with E-state index in [-0.39, 0.29) is 53.6 Å². The highest BCUT2D eigenvalue weighted by Gasteiger charge is 2.44. The van der Waals surface area contributed by atoms with Gasteiger partial charge in [-0.1, -0.05) is 43.3 Å². The Balaban J connectivity index is 0.859. The van der Waals surface area contributed by atoms with E-state index in [0.29, 0.717) is 44.1 Å². The number of aromatic nitrogens is 2. The first-order valence-corrected chi connectivity index (χ1v) is 17.3. The molecule has 52 heavy (non-hydrogen) atoms. The third-order valence-electron chi connectivity index (χ3n) is 9.68. The van der Waals surface area contributed by atoms with Gasteiger partial charge in [0.1, 0.15) is 17.5 Å². The topological polar surface area (TPSA) is 173 Å². The number of fused-ring (bicyclic) bond motifs is 1. The van der Waals surface area contributed by atoms with Crippen molar-refractivity contribution < 1.29 is 38.0 Å². The molecule has 2 N–H and O–H groups in total. The zero-order valence-electron chi connectivity index (χ0n) is 28.8. The molecule has 268 valence electrons. The maximum atomic E-state index is 13.1. The van der Waals surface area contributed by atoms with Crippen LogP contribution in [0.3, 0.4) is 0 Å². The zero-order chi connectivity index (χ0) is 36.4. The summed E-state index contributed by atoms with van der Waals surface area (Å²) in [5.41, 5.74) is 3.06. The summed E-state index contributed by atoms with van der Waals surface area (Å²) in [7, 11) is 0. The number of likely N-dealkylation sites (tertiary alicyclic amines) is 1. The number of nitrogens with zero attached hydrogens (tertiary/aromatic N) is 4. The molecule has 0 bridgehead atoms. The van der Waals surface area contributed by atoms with Crippen LogP contribution in [0.15, 0.2) is 71.3 Å². The summed E-state index contributed by atoms with van der Waals surface area (Å²) < 4.78 is 17.0. The van der Waals surface area contributed by atoms with Crippen molar-refractivity contribution in [2.45, 2.75) is 57.6 Å². The summed E-state index contributed by atoms with van der Waals surface area (Å²) in [4.78, 5) is 68.9. The molecule has 0 spiro atoms. The van der Waals surface area contributed by atoms with E-state index in [1.807, 2.05) is 48.5 Å². The van der Waals surface area contributed by atoms with Gasteiger partial charge in [0.2, 0.25) is 11.8 Å². The van der Waals surface area contributed by atoms with Gasteiger partial charge >= 0.3 is 0 Å². The number of hydrogen-bond acceptors (Lipinski definition) is 11. The molecule has 2 saturated heterocycles. The smallest absolute Gasteiger partial charge is 0.295 e. The van der Waals surface area contributed by atoms with Crippen LogP contribution in [0.5, 0.6) is 11.5 Å². The van der Waals surface area contributed by atoms with Crippen LogP contribution in [0, 0.1) is 0 Å². The van der Waals surface area contributed by atoms with Crippen LogP contribution in [0.25, 0.3) is 0 Å². The first kappa shape index (κ1) is 34.4. The largest absolute Gasteiger partial charge is 0.494 e. The van der Waals surface area contributed by atoms with Gasteiger partial charge in [-0.25, -0.2) is 0 Å². The Kier molecular flexibility index (Phi) is 9.45. The van der Waals surface area contributed by atoms with Crippen molar-refractivity contribution in [3.8, 4) is 11.5 Å². The molecule has 0 saturated carbocycles. The Morgan fingerprint density at radius 2 is 1.60 bits per heavy atom. The number of benzene rings is 3. The van der Waals surface area contributed by atoms with Crippen molar-refractivity contribution in [2.24, 2.45) is 0 Å². The number of carbonyl (C=O) groups is 5. The third kappa shape index (κ3) is 6.96. The number of anilines is 1. The van der Waals surface area contributed by atoms with Gasteiger partial charge in [-0.05, 0) is 72.9 Å². The fourth-order valence-electron chi connectivity index (χ4n) is 6.38. The van der Waals surface area contributed by atoms with Crippen molar-refractivity contribution in [3.63, 3.8) is 0 Å². The second-order valence-electron chi connectivity index (χ2n) is 13.5. The van der Waals surface area contributed by atoms with E-state index in [9.17, 15) is 24.0 Å². The molecule has 3 aliphatic heterocycles. The van der Waals surface area contributed by atoms with Gasteiger partial charge in [0.05, 0.1) is 17.7 Å². The second-order valence-corrected chi connectivity index (χ2v) is 13.5. The van der Waals surface area contributed by atoms with Crippen molar-refractivity contribution in [3.05, 3.63) is 101 Å². The molecule has 5 amide bonds. The molecule has 14 nitrogen and oxygen atoms in total. The number of carbonyl (C=O) groups excluding carboxylic acids is 5. The van der Waals surface area contributed by atoms with Gasteiger partial charge in [-0.15, -0.1) is 0 Å². The molecule has 2 fully saturated rings. The molecule has 4 heterocycles. The second kappa shape index (κ2) is 14.3. The quantitative estimate of drug-likeness (QED) is 0.151. The average Bonchev–Trinajstić information content (AvgIpc) is 3.69. The molecule has 4 aromatic rings. The standard InChI is InChI=1S/C38H38N6O8/c1-38(2,24-7-12-27(13-8-24)51-22-32-41-33(42-52-32)37(49)43-18-4-19-43)23-5-10-26(11-6-23)50-20-3-17-39-25-9-14-28-29(21-25)36(48)44(35(28)47)30-15-16-31(45)40-34(30)46/h5-14,21,30,39H,3-4,15-20,22H2,1-2H3,(H,40,45,46). The van der Waals surface area contributed by atoms with E-state index in [4.69, 9.17) is 14.0 Å². The SMILES string of the molecule is CC(C)(c1ccc(OCCCNc2ccc3c(c2)C(=O)N(C2CCC(=O)NC2=O)C3=O)cc1)c1ccc(OCc2nc(C(=O)N3CCC3)no2)cc1. The van der Waals surface area contributed by atoms with Crippen LogP contribution in [0.4, 0.5) is 5.69 Å². The Labute approximate surface area is 299 Å².